The molecule has 2 heterocycles. The molecule has 3 aromatic rings. The fourth-order valence-corrected chi connectivity index (χ4v) is 3.60. The second-order valence-electron chi connectivity index (χ2n) is 6.60. The van der Waals surface area contributed by atoms with Crippen molar-refractivity contribution in [1.82, 2.24) is 14.5 Å². The van der Waals surface area contributed by atoms with Crippen LogP contribution >= 0.6 is 0 Å². The number of aliphatic hydroxyl groups is 1. The van der Waals surface area contributed by atoms with E-state index in [1.54, 1.807) is 4.57 Å². The Morgan fingerprint density at radius 3 is 2.52 bits per heavy atom. The van der Waals surface area contributed by atoms with E-state index in [-0.39, 0.29) is 11.6 Å². The minimum Gasteiger partial charge on any atom is -0.378 e. The van der Waals surface area contributed by atoms with Crippen LogP contribution in [0.25, 0.3) is 11.0 Å². The minimum atomic E-state index is -0.514. The second kappa shape index (κ2) is 6.43. The largest absolute Gasteiger partial charge is 0.378 e. The summed E-state index contributed by atoms with van der Waals surface area (Å²) in [4.78, 5) is 19.7. The maximum Gasteiger partial charge on any atom is 0.274 e. The molecule has 0 amide bonds. The minimum absolute atomic E-state index is 0.0755. The van der Waals surface area contributed by atoms with E-state index in [1.165, 1.54) is 0 Å². The van der Waals surface area contributed by atoms with Crippen molar-refractivity contribution in [3.8, 4) is 0 Å². The van der Waals surface area contributed by atoms with Gasteiger partial charge in [0, 0.05) is 0 Å². The average molecular weight is 335 g/mol. The van der Waals surface area contributed by atoms with E-state index in [0.29, 0.717) is 18.7 Å². The molecular formula is C20H21N3O2. The Balaban J connectivity index is 1.88. The van der Waals surface area contributed by atoms with Crippen LogP contribution in [-0.4, -0.2) is 32.8 Å². The Labute approximate surface area is 146 Å². The summed E-state index contributed by atoms with van der Waals surface area (Å²) in [5.41, 5.74) is 3.16. The van der Waals surface area contributed by atoms with Gasteiger partial charge in [-0.25, -0.2) is 4.98 Å². The molecule has 5 nitrogen and oxygen atoms in total. The number of benzene rings is 2. The summed E-state index contributed by atoms with van der Waals surface area (Å²) in [7, 11) is 1.85. The normalized spacial score (nSPS) is 21.0. The first-order valence-electron chi connectivity index (χ1n) is 8.58. The molecule has 2 unspecified atom stereocenters. The van der Waals surface area contributed by atoms with E-state index in [0.717, 1.165) is 23.0 Å². The average Bonchev–Trinajstić information content (AvgIpc) is 2.97. The number of aliphatic hydroxyl groups excluding tert-OH is 1. The summed E-state index contributed by atoms with van der Waals surface area (Å²) >= 11 is 0. The molecule has 2 atom stereocenters. The molecule has 25 heavy (non-hydrogen) atoms. The molecule has 128 valence electrons. The van der Waals surface area contributed by atoms with Crippen LogP contribution in [-0.2, 0) is 6.54 Å². The molecule has 0 bridgehead atoms. The Bertz CT molecular complexity index is 952. The van der Waals surface area contributed by atoms with Gasteiger partial charge in [-0.2, -0.15) is 0 Å². The lowest BCUT2D eigenvalue weighted by molar-refractivity contribution is 0.0363. The molecule has 2 aromatic carbocycles. The molecule has 1 aliphatic heterocycles. The zero-order valence-electron chi connectivity index (χ0n) is 14.2. The summed E-state index contributed by atoms with van der Waals surface area (Å²) in [6.07, 6.45) is 0.887. The van der Waals surface area contributed by atoms with E-state index >= 15 is 0 Å². The van der Waals surface area contributed by atoms with Gasteiger partial charge in [-0.15, -0.1) is 0 Å². The van der Waals surface area contributed by atoms with Gasteiger partial charge in [0.2, 0.25) is 0 Å². The van der Waals surface area contributed by atoms with Crippen LogP contribution in [0.3, 0.4) is 0 Å². The smallest absolute Gasteiger partial charge is 0.274 e. The van der Waals surface area contributed by atoms with Gasteiger partial charge in [0.05, 0.1) is 23.6 Å². The first-order valence-corrected chi connectivity index (χ1v) is 8.58. The number of fused-ring (bicyclic) bond motifs is 1. The van der Waals surface area contributed by atoms with Gasteiger partial charge < -0.3 is 9.67 Å². The predicted octanol–water partition coefficient (Wildman–Crippen LogP) is 2.53. The van der Waals surface area contributed by atoms with Crippen LogP contribution < -0.4 is 5.56 Å². The monoisotopic (exact) mass is 335 g/mol. The summed E-state index contributed by atoms with van der Waals surface area (Å²) < 4.78 is 1.80. The number of hydrogen-bond donors (Lipinski definition) is 1. The van der Waals surface area contributed by atoms with E-state index in [9.17, 15) is 9.90 Å². The van der Waals surface area contributed by atoms with Gasteiger partial charge in [0.1, 0.15) is 11.9 Å². The van der Waals surface area contributed by atoms with E-state index in [4.69, 9.17) is 0 Å². The van der Waals surface area contributed by atoms with Crippen molar-refractivity contribution in [3.63, 3.8) is 0 Å². The lowest BCUT2D eigenvalue weighted by atomic mass is 10.1. The third kappa shape index (κ3) is 2.86. The third-order valence-electron chi connectivity index (χ3n) is 5.04. The molecule has 0 saturated carbocycles. The molecule has 0 aliphatic carbocycles. The number of rotatable bonds is 3. The number of para-hydroxylation sites is 2. The topological polar surface area (TPSA) is 58.4 Å². The van der Waals surface area contributed by atoms with Crippen LogP contribution in [0.5, 0.6) is 0 Å². The molecular weight excluding hydrogens is 314 g/mol. The number of likely N-dealkylation sites (tertiary alicyclic amines) is 1. The summed E-state index contributed by atoms with van der Waals surface area (Å²) in [6, 6.07) is 17.6. The molecule has 1 aromatic heterocycles. The number of aromatic nitrogens is 2. The SMILES string of the molecule is CN1C(O)CCC1c1nc2ccccc2n(Cc2ccccc2)c1=O. The van der Waals surface area contributed by atoms with Gasteiger partial charge >= 0.3 is 0 Å². The van der Waals surface area contributed by atoms with Gasteiger partial charge in [-0.3, -0.25) is 9.69 Å². The zero-order valence-corrected chi connectivity index (χ0v) is 14.2. The van der Waals surface area contributed by atoms with Crippen LogP contribution in [0.1, 0.15) is 30.1 Å². The lowest BCUT2D eigenvalue weighted by Gasteiger charge is -2.22. The highest BCUT2D eigenvalue weighted by atomic mass is 16.3. The highest BCUT2D eigenvalue weighted by molar-refractivity contribution is 5.74. The molecule has 1 N–H and O–H groups in total. The van der Waals surface area contributed by atoms with Crippen LogP contribution in [0.2, 0.25) is 0 Å². The highest BCUT2D eigenvalue weighted by Crippen LogP contribution is 2.31. The Hall–Kier alpha value is -2.50. The van der Waals surface area contributed by atoms with E-state index < -0.39 is 6.23 Å². The van der Waals surface area contributed by atoms with Crippen molar-refractivity contribution in [3.05, 3.63) is 76.2 Å². The quantitative estimate of drug-likeness (QED) is 0.799. The third-order valence-corrected chi connectivity index (χ3v) is 5.04. The molecule has 1 saturated heterocycles. The van der Waals surface area contributed by atoms with Gasteiger partial charge in [0.15, 0.2) is 0 Å². The van der Waals surface area contributed by atoms with E-state index in [1.807, 2.05) is 66.5 Å². The molecule has 0 spiro atoms. The molecule has 4 rings (SSSR count). The van der Waals surface area contributed by atoms with Crippen molar-refractivity contribution in [2.75, 3.05) is 7.05 Å². The van der Waals surface area contributed by atoms with Crippen LogP contribution in [0.15, 0.2) is 59.4 Å². The number of nitrogens with zero attached hydrogens (tertiary/aromatic N) is 3. The zero-order chi connectivity index (χ0) is 17.4. The Kier molecular flexibility index (Phi) is 4.11. The van der Waals surface area contributed by atoms with Crippen molar-refractivity contribution in [1.29, 1.82) is 0 Å². The molecule has 1 aliphatic rings. The standard InChI is InChI=1S/C20H21N3O2/c1-22-17(11-12-18(22)24)19-20(25)23(13-14-7-3-2-4-8-14)16-10-6-5-9-15(16)21-19/h2-10,17-18,24H,11-13H2,1H3. The lowest BCUT2D eigenvalue weighted by Crippen LogP contribution is -2.34. The first kappa shape index (κ1) is 16.0. The highest BCUT2D eigenvalue weighted by Gasteiger charge is 2.33. The van der Waals surface area contributed by atoms with Gasteiger partial charge in [-0.1, -0.05) is 42.5 Å². The summed E-state index contributed by atoms with van der Waals surface area (Å²) in [5, 5.41) is 10.0. The van der Waals surface area contributed by atoms with Gasteiger partial charge in [-0.05, 0) is 37.6 Å². The Morgan fingerprint density at radius 2 is 1.80 bits per heavy atom. The van der Waals surface area contributed by atoms with Crippen molar-refractivity contribution in [2.24, 2.45) is 0 Å². The van der Waals surface area contributed by atoms with Crippen molar-refractivity contribution < 1.29 is 5.11 Å². The summed E-state index contributed by atoms with van der Waals surface area (Å²) in [6.45, 7) is 0.509. The van der Waals surface area contributed by atoms with Crippen molar-refractivity contribution >= 4 is 11.0 Å². The van der Waals surface area contributed by atoms with Crippen LogP contribution in [0.4, 0.5) is 0 Å². The van der Waals surface area contributed by atoms with Crippen LogP contribution in [0, 0.1) is 0 Å². The maximum atomic E-state index is 13.2. The summed E-state index contributed by atoms with van der Waals surface area (Å²) in [5.74, 6) is 0. The number of hydrogen-bond acceptors (Lipinski definition) is 4. The van der Waals surface area contributed by atoms with Crippen molar-refractivity contribution in [2.45, 2.75) is 31.7 Å². The maximum absolute atomic E-state index is 13.2. The Morgan fingerprint density at radius 1 is 1.08 bits per heavy atom. The molecule has 1 fully saturated rings. The van der Waals surface area contributed by atoms with E-state index in [2.05, 4.69) is 4.98 Å². The molecule has 5 heteroatoms. The predicted molar refractivity (Wildman–Crippen MR) is 97.3 cm³/mol. The second-order valence-corrected chi connectivity index (χ2v) is 6.60. The van der Waals surface area contributed by atoms with Gasteiger partial charge in [0.25, 0.3) is 5.56 Å². The molecule has 0 radical (unpaired) electrons. The first-order chi connectivity index (χ1) is 12.1. The fraction of sp³-hybridized carbons (Fsp3) is 0.300. The fourth-order valence-electron chi connectivity index (χ4n) is 3.60.